The maximum absolute atomic E-state index is 12.7. The molecule has 1 aromatic rings. The standard InChI is InChI=1S/C13H19N3O5S.ClH/c1-14-9-10-4-3-7-15(10)22(19,20)11-5-6-12(16(17)18)13(8-11)21-2;/h5-6,8,10,14H,3-4,7,9H2,1-2H3;1H. The Labute approximate surface area is 141 Å². The molecule has 0 spiro atoms. The molecule has 1 aromatic carbocycles. The van der Waals surface area contributed by atoms with E-state index in [1.807, 2.05) is 0 Å². The number of methoxy groups -OCH3 is 1. The van der Waals surface area contributed by atoms with Gasteiger partial charge in [0, 0.05) is 31.3 Å². The van der Waals surface area contributed by atoms with Gasteiger partial charge in [0.1, 0.15) is 0 Å². The third-order valence-corrected chi connectivity index (χ3v) is 5.67. The Kier molecular flexibility index (Phi) is 6.75. The summed E-state index contributed by atoms with van der Waals surface area (Å²) in [6.07, 6.45) is 1.60. The van der Waals surface area contributed by atoms with Gasteiger partial charge in [-0.25, -0.2) is 8.42 Å². The van der Waals surface area contributed by atoms with Crippen molar-refractivity contribution in [3.63, 3.8) is 0 Å². The minimum absolute atomic E-state index is 0. The number of hydrogen-bond donors (Lipinski definition) is 1. The Morgan fingerprint density at radius 1 is 1.48 bits per heavy atom. The number of ether oxygens (including phenoxy) is 1. The smallest absolute Gasteiger partial charge is 0.310 e. The lowest BCUT2D eigenvalue weighted by atomic mass is 10.2. The van der Waals surface area contributed by atoms with Gasteiger partial charge < -0.3 is 10.1 Å². The quantitative estimate of drug-likeness (QED) is 0.604. The number of nitro groups is 1. The van der Waals surface area contributed by atoms with Crippen LogP contribution < -0.4 is 10.1 Å². The van der Waals surface area contributed by atoms with Crippen LogP contribution in [-0.2, 0) is 10.0 Å². The fourth-order valence-electron chi connectivity index (χ4n) is 2.67. The van der Waals surface area contributed by atoms with E-state index in [-0.39, 0.29) is 34.8 Å². The molecular weight excluding hydrogens is 346 g/mol. The number of sulfonamides is 1. The summed E-state index contributed by atoms with van der Waals surface area (Å²) in [5.41, 5.74) is -0.255. The van der Waals surface area contributed by atoms with E-state index in [1.54, 1.807) is 7.05 Å². The zero-order chi connectivity index (χ0) is 16.3. The van der Waals surface area contributed by atoms with Gasteiger partial charge in [0.2, 0.25) is 10.0 Å². The summed E-state index contributed by atoms with van der Waals surface area (Å²) in [6, 6.07) is 3.53. The first-order valence-electron chi connectivity index (χ1n) is 6.90. The first-order valence-corrected chi connectivity index (χ1v) is 8.34. The first kappa shape index (κ1) is 19.6. The molecule has 10 heteroatoms. The minimum Gasteiger partial charge on any atom is -0.490 e. The van der Waals surface area contributed by atoms with Crippen molar-refractivity contribution in [3.05, 3.63) is 28.3 Å². The van der Waals surface area contributed by atoms with Crippen molar-refractivity contribution in [1.82, 2.24) is 9.62 Å². The Hall–Kier alpha value is -1.42. The van der Waals surface area contributed by atoms with Crippen molar-refractivity contribution < 1.29 is 18.1 Å². The predicted molar refractivity (Wildman–Crippen MR) is 87.7 cm³/mol. The molecule has 23 heavy (non-hydrogen) atoms. The maximum Gasteiger partial charge on any atom is 0.310 e. The third kappa shape index (κ3) is 3.92. The second-order valence-electron chi connectivity index (χ2n) is 5.06. The number of benzene rings is 1. The molecule has 1 saturated heterocycles. The van der Waals surface area contributed by atoms with Crippen LogP contribution in [0.2, 0.25) is 0 Å². The number of hydrogen-bond acceptors (Lipinski definition) is 6. The van der Waals surface area contributed by atoms with Gasteiger partial charge in [0.05, 0.1) is 16.9 Å². The van der Waals surface area contributed by atoms with Gasteiger partial charge in [-0.05, 0) is 26.0 Å². The van der Waals surface area contributed by atoms with E-state index < -0.39 is 14.9 Å². The summed E-state index contributed by atoms with van der Waals surface area (Å²) in [6.45, 7) is 1.03. The van der Waals surface area contributed by atoms with Gasteiger partial charge >= 0.3 is 5.69 Å². The topological polar surface area (TPSA) is 102 Å². The van der Waals surface area contributed by atoms with E-state index in [2.05, 4.69) is 5.32 Å². The fraction of sp³-hybridized carbons (Fsp3) is 0.538. The number of halogens is 1. The first-order chi connectivity index (χ1) is 10.4. The second kappa shape index (κ2) is 7.91. The normalized spacial score (nSPS) is 18.4. The van der Waals surface area contributed by atoms with E-state index in [0.29, 0.717) is 13.1 Å². The van der Waals surface area contributed by atoms with Crippen LogP contribution >= 0.6 is 12.4 Å². The van der Waals surface area contributed by atoms with Crippen molar-refractivity contribution in [2.75, 3.05) is 27.2 Å². The van der Waals surface area contributed by atoms with Gasteiger partial charge in [-0.15, -0.1) is 12.4 Å². The van der Waals surface area contributed by atoms with Crippen molar-refractivity contribution in [3.8, 4) is 5.75 Å². The molecule has 1 atom stereocenters. The molecule has 0 aliphatic carbocycles. The summed E-state index contributed by atoms with van der Waals surface area (Å²) in [5, 5.41) is 13.9. The zero-order valence-electron chi connectivity index (χ0n) is 12.9. The minimum atomic E-state index is -3.69. The van der Waals surface area contributed by atoms with Crippen LogP contribution in [0.1, 0.15) is 12.8 Å². The molecule has 0 radical (unpaired) electrons. The average molecular weight is 366 g/mol. The van der Waals surface area contributed by atoms with E-state index in [1.165, 1.54) is 23.5 Å². The summed E-state index contributed by atoms with van der Waals surface area (Å²) in [7, 11) is -0.642. The number of rotatable bonds is 6. The zero-order valence-corrected chi connectivity index (χ0v) is 14.5. The third-order valence-electron chi connectivity index (χ3n) is 3.72. The summed E-state index contributed by atoms with van der Waals surface area (Å²) in [5.74, 6) is -0.0598. The second-order valence-corrected chi connectivity index (χ2v) is 6.95. The molecule has 1 heterocycles. The molecule has 1 aliphatic rings. The van der Waals surface area contributed by atoms with Gasteiger partial charge in [0.25, 0.3) is 0 Å². The summed E-state index contributed by atoms with van der Waals surface area (Å²) < 4.78 is 31.9. The summed E-state index contributed by atoms with van der Waals surface area (Å²) in [4.78, 5) is 10.3. The molecule has 1 N–H and O–H groups in total. The molecule has 1 unspecified atom stereocenters. The number of nitrogens with zero attached hydrogens (tertiary/aromatic N) is 2. The van der Waals surface area contributed by atoms with Gasteiger partial charge in [-0.1, -0.05) is 0 Å². The van der Waals surface area contributed by atoms with E-state index in [0.717, 1.165) is 18.9 Å². The molecule has 1 fully saturated rings. The molecule has 0 saturated carbocycles. The highest BCUT2D eigenvalue weighted by atomic mass is 35.5. The predicted octanol–water partition coefficient (Wildman–Crippen LogP) is 1.40. The Morgan fingerprint density at radius 3 is 2.74 bits per heavy atom. The molecule has 130 valence electrons. The van der Waals surface area contributed by atoms with Crippen LogP contribution in [0.3, 0.4) is 0 Å². The Morgan fingerprint density at radius 2 is 2.17 bits per heavy atom. The Balaban J connectivity index is 0.00000264. The molecule has 1 aliphatic heterocycles. The highest BCUT2D eigenvalue weighted by molar-refractivity contribution is 7.89. The SMILES string of the molecule is CNCC1CCCN1S(=O)(=O)c1ccc([N+](=O)[O-])c(OC)c1.Cl. The van der Waals surface area contributed by atoms with Gasteiger partial charge in [-0.2, -0.15) is 4.31 Å². The number of likely N-dealkylation sites (N-methyl/N-ethyl adjacent to an activating group) is 1. The maximum atomic E-state index is 12.7. The highest BCUT2D eigenvalue weighted by Crippen LogP contribution is 2.32. The number of nitrogens with one attached hydrogen (secondary N) is 1. The van der Waals surface area contributed by atoms with E-state index in [9.17, 15) is 18.5 Å². The van der Waals surface area contributed by atoms with Crippen LogP contribution in [0.4, 0.5) is 5.69 Å². The Bertz CT molecular complexity index is 668. The van der Waals surface area contributed by atoms with Crippen molar-refractivity contribution in [2.24, 2.45) is 0 Å². The molecular formula is C13H20ClN3O5S. The van der Waals surface area contributed by atoms with Crippen LogP contribution in [0, 0.1) is 10.1 Å². The molecule has 8 nitrogen and oxygen atoms in total. The molecule has 0 bridgehead atoms. The lowest BCUT2D eigenvalue weighted by Gasteiger charge is -2.24. The monoisotopic (exact) mass is 365 g/mol. The molecule has 0 aromatic heterocycles. The van der Waals surface area contributed by atoms with Crippen molar-refractivity contribution in [2.45, 2.75) is 23.8 Å². The van der Waals surface area contributed by atoms with Crippen LogP contribution in [-0.4, -0.2) is 50.9 Å². The summed E-state index contributed by atoms with van der Waals surface area (Å²) >= 11 is 0. The molecule has 2 rings (SSSR count). The lowest BCUT2D eigenvalue weighted by molar-refractivity contribution is -0.385. The number of nitro benzene ring substituents is 1. The van der Waals surface area contributed by atoms with E-state index >= 15 is 0 Å². The highest BCUT2D eigenvalue weighted by Gasteiger charge is 2.35. The van der Waals surface area contributed by atoms with Gasteiger partial charge in [0.15, 0.2) is 5.75 Å². The van der Waals surface area contributed by atoms with Crippen LogP contribution in [0.25, 0.3) is 0 Å². The lowest BCUT2D eigenvalue weighted by Crippen LogP contribution is -2.40. The fourth-order valence-corrected chi connectivity index (χ4v) is 4.38. The average Bonchev–Trinajstić information content (AvgIpc) is 2.95. The molecule has 0 amide bonds. The van der Waals surface area contributed by atoms with Gasteiger partial charge in [-0.3, -0.25) is 10.1 Å². The van der Waals surface area contributed by atoms with Crippen molar-refractivity contribution in [1.29, 1.82) is 0 Å². The largest absolute Gasteiger partial charge is 0.490 e. The van der Waals surface area contributed by atoms with Crippen LogP contribution in [0.15, 0.2) is 23.1 Å². The van der Waals surface area contributed by atoms with Crippen LogP contribution in [0.5, 0.6) is 5.75 Å². The van der Waals surface area contributed by atoms with E-state index in [4.69, 9.17) is 4.74 Å². The van der Waals surface area contributed by atoms with Crippen molar-refractivity contribution >= 4 is 28.1 Å².